The molecule has 0 amide bonds. The fourth-order valence-electron chi connectivity index (χ4n) is 1.64. The molecule has 2 aromatic carbocycles. The van der Waals surface area contributed by atoms with E-state index in [1.807, 2.05) is 0 Å². The first kappa shape index (κ1) is 13.3. The van der Waals surface area contributed by atoms with Crippen molar-refractivity contribution in [3.05, 3.63) is 69.2 Å². The van der Waals surface area contributed by atoms with Gasteiger partial charge in [0.25, 0.3) is 0 Å². The maximum absolute atomic E-state index is 13.1. The predicted molar refractivity (Wildman–Crippen MR) is 68.9 cm³/mol. The average Bonchev–Trinajstić information content (AvgIpc) is 2.35. The summed E-state index contributed by atoms with van der Waals surface area (Å²) in [6.07, 6.45) is 0. The van der Waals surface area contributed by atoms with Crippen molar-refractivity contribution >= 4 is 23.2 Å². The smallest absolute Gasteiger partial charge is 0.159 e. The van der Waals surface area contributed by atoms with E-state index in [2.05, 4.69) is 0 Å². The van der Waals surface area contributed by atoms with E-state index in [4.69, 9.17) is 28.9 Å². The van der Waals surface area contributed by atoms with Crippen molar-refractivity contribution in [2.75, 3.05) is 0 Å². The van der Waals surface area contributed by atoms with Crippen molar-refractivity contribution in [1.82, 2.24) is 0 Å². The van der Waals surface area contributed by atoms with Crippen molar-refractivity contribution in [2.24, 2.45) is 5.73 Å². The Labute approximate surface area is 113 Å². The van der Waals surface area contributed by atoms with Crippen LogP contribution < -0.4 is 5.73 Å². The largest absolute Gasteiger partial charge is 0.320 e. The molecule has 1 atom stereocenters. The van der Waals surface area contributed by atoms with Crippen LogP contribution >= 0.6 is 23.2 Å². The Kier molecular flexibility index (Phi) is 3.85. The Morgan fingerprint density at radius 2 is 1.67 bits per heavy atom. The molecule has 1 nitrogen and oxygen atoms in total. The topological polar surface area (TPSA) is 26.0 Å². The second-order valence-electron chi connectivity index (χ2n) is 3.82. The molecule has 0 saturated heterocycles. The maximum Gasteiger partial charge on any atom is 0.159 e. The molecule has 2 N–H and O–H groups in total. The highest BCUT2D eigenvalue weighted by Crippen LogP contribution is 2.29. The summed E-state index contributed by atoms with van der Waals surface area (Å²) in [4.78, 5) is 0. The molecule has 2 rings (SSSR count). The van der Waals surface area contributed by atoms with Crippen LogP contribution in [0.1, 0.15) is 17.2 Å². The van der Waals surface area contributed by atoms with Crippen LogP contribution in [-0.2, 0) is 0 Å². The minimum absolute atomic E-state index is 0.427. The third kappa shape index (κ3) is 2.64. The molecular weight excluding hydrogens is 279 g/mol. The first-order chi connectivity index (χ1) is 8.49. The SMILES string of the molecule is NC(c1ccc(F)c(F)c1)c1cc(Cl)ccc1Cl. The van der Waals surface area contributed by atoms with Crippen LogP contribution in [0.2, 0.25) is 10.0 Å². The van der Waals surface area contributed by atoms with Crippen LogP contribution in [0.4, 0.5) is 8.78 Å². The van der Waals surface area contributed by atoms with Crippen molar-refractivity contribution in [3.8, 4) is 0 Å². The summed E-state index contributed by atoms with van der Waals surface area (Å²) >= 11 is 11.9. The fourth-order valence-corrected chi connectivity index (χ4v) is 2.05. The zero-order valence-electron chi connectivity index (χ0n) is 9.13. The molecule has 0 bridgehead atoms. The van der Waals surface area contributed by atoms with Gasteiger partial charge in [-0.3, -0.25) is 0 Å². The van der Waals surface area contributed by atoms with Crippen LogP contribution in [0.15, 0.2) is 36.4 Å². The zero-order chi connectivity index (χ0) is 13.3. The number of hydrogen-bond donors (Lipinski definition) is 1. The maximum atomic E-state index is 13.1. The lowest BCUT2D eigenvalue weighted by Crippen LogP contribution is -2.13. The minimum atomic E-state index is -0.943. The van der Waals surface area contributed by atoms with E-state index >= 15 is 0 Å². The van der Waals surface area contributed by atoms with Gasteiger partial charge in [0.2, 0.25) is 0 Å². The third-order valence-electron chi connectivity index (χ3n) is 2.60. The molecule has 0 aliphatic rings. The van der Waals surface area contributed by atoms with Gasteiger partial charge in [-0.25, -0.2) is 8.78 Å². The minimum Gasteiger partial charge on any atom is -0.320 e. The summed E-state index contributed by atoms with van der Waals surface area (Å²) in [5, 5.41) is 0.907. The molecule has 0 fully saturated rings. The number of hydrogen-bond acceptors (Lipinski definition) is 1. The van der Waals surface area contributed by atoms with Gasteiger partial charge in [0.1, 0.15) is 0 Å². The highest BCUT2D eigenvalue weighted by Gasteiger charge is 2.15. The van der Waals surface area contributed by atoms with Crippen LogP contribution in [0, 0.1) is 11.6 Å². The predicted octanol–water partition coefficient (Wildman–Crippen LogP) is 4.32. The van der Waals surface area contributed by atoms with E-state index in [1.165, 1.54) is 6.07 Å². The van der Waals surface area contributed by atoms with E-state index in [1.54, 1.807) is 18.2 Å². The third-order valence-corrected chi connectivity index (χ3v) is 3.18. The molecule has 1 unspecified atom stereocenters. The quantitative estimate of drug-likeness (QED) is 0.875. The summed E-state index contributed by atoms with van der Waals surface area (Å²) in [6, 6.07) is 7.69. The van der Waals surface area contributed by atoms with Crippen molar-refractivity contribution < 1.29 is 8.78 Å². The second kappa shape index (κ2) is 5.22. The van der Waals surface area contributed by atoms with Gasteiger partial charge >= 0.3 is 0 Å². The highest BCUT2D eigenvalue weighted by molar-refractivity contribution is 6.33. The molecular formula is C13H9Cl2F2N. The van der Waals surface area contributed by atoms with Gasteiger partial charge in [-0.15, -0.1) is 0 Å². The fraction of sp³-hybridized carbons (Fsp3) is 0.0769. The summed E-state index contributed by atoms with van der Waals surface area (Å²) in [7, 11) is 0. The first-order valence-electron chi connectivity index (χ1n) is 5.14. The van der Waals surface area contributed by atoms with Crippen molar-refractivity contribution in [3.63, 3.8) is 0 Å². The Hall–Kier alpha value is -1.16. The molecule has 18 heavy (non-hydrogen) atoms. The first-order valence-corrected chi connectivity index (χ1v) is 5.90. The molecule has 0 aromatic heterocycles. The van der Waals surface area contributed by atoms with Gasteiger partial charge < -0.3 is 5.73 Å². The second-order valence-corrected chi connectivity index (χ2v) is 4.66. The number of rotatable bonds is 2. The standard InChI is InChI=1S/C13H9Cl2F2N/c14-8-2-3-10(15)9(6-8)13(18)7-1-4-11(16)12(17)5-7/h1-6,13H,18H2. The van der Waals surface area contributed by atoms with E-state index in [9.17, 15) is 8.78 Å². The molecule has 94 valence electrons. The number of halogens is 4. The van der Waals surface area contributed by atoms with Gasteiger partial charge in [-0.2, -0.15) is 0 Å². The summed E-state index contributed by atoms with van der Waals surface area (Å²) in [6.45, 7) is 0. The van der Waals surface area contributed by atoms with E-state index in [0.29, 0.717) is 21.2 Å². The number of nitrogens with two attached hydrogens (primary N) is 1. The zero-order valence-corrected chi connectivity index (χ0v) is 10.6. The van der Waals surface area contributed by atoms with Gasteiger partial charge in [0, 0.05) is 10.0 Å². The summed E-state index contributed by atoms with van der Waals surface area (Å²) in [5.41, 5.74) is 6.97. The van der Waals surface area contributed by atoms with Crippen LogP contribution in [0.5, 0.6) is 0 Å². The summed E-state index contributed by atoms with van der Waals surface area (Å²) < 4.78 is 26.0. The molecule has 5 heteroatoms. The molecule has 0 radical (unpaired) electrons. The van der Waals surface area contributed by atoms with Gasteiger partial charge in [-0.1, -0.05) is 29.3 Å². The van der Waals surface area contributed by atoms with Crippen LogP contribution in [0.3, 0.4) is 0 Å². The Morgan fingerprint density at radius 1 is 0.944 bits per heavy atom. The van der Waals surface area contributed by atoms with E-state index in [0.717, 1.165) is 12.1 Å². The highest BCUT2D eigenvalue weighted by atomic mass is 35.5. The van der Waals surface area contributed by atoms with Crippen LogP contribution in [-0.4, -0.2) is 0 Å². The molecule has 2 aromatic rings. The van der Waals surface area contributed by atoms with Crippen molar-refractivity contribution in [1.29, 1.82) is 0 Å². The Balaban J connectivity index is 2.44. The number of benzene rings is 2. The van der Waals surface area contributed by atoms with Gasteiger partial charge in [-0.05, 0) is 41.5 Å². The normalized spacial score (nSPS) is 12.5. The van der Waals surface area contributed by atoms with Gasteiger partial charge in [0.05, 0.1) is 6.04 Å². The average molecular weight is 288 g/mol. The molecule has 0 aliphatic heterocycles. The molecule has 0 spiro atoms. The van der Waals surface area contributed by atoms with E-state index < -0.39 is 17.7 Å². The lowest BCUT2D eigenvalue weighted by atomic mass is 9.99. The summed E-state index contributed by atoms with van der Waals surface area (Å²) in [5.74, 6) is -1.86. The lowest BCUT2D eigenvalue weighted by molar-refractivity contribution is 0.506. The van der Waals surface area contributed by atoms with Crippen LogP contribution in [0.25, 0.3) is 0 Å². The molecule has 0 aliphatic carbocycles. The monoisotopic (exact) mass is 287 g/mol. The van der Waals surface area contributed by atoms with Gasteiger partial charge in [0.15, 0.2) is 11.6 Å². The molecule has 0 heterocycles. The Morgan fingerprint density at radius 3 is 2.33 bits per heavy atom. The molecule has 0 saturated carbocycles. The lowest BCUT2D eigenvalue weighted by Gasteiger charge is -2.14. The van der Waals surface area contributed by atoms with E-state index in [-0.39, 0.29) is 0 Å². The van der Waals surface area contributed by atoms with Crippen molar-refractivity contribution in [2.45, 2.75) is 6.04 Å². The Bertz CT molecular complexity index is 587.